The minimum Gasteiger partial charge on any atom is -0.502 e. The molecule has 0 aliphatic heterocycles. The second-order valence-corrected chi connectivity index (χ2v) is 7.04. The predicted octanol–water partition coefficient (Wildman–Crippen LogP) is 3.30. The number of phenolic OH excluding ortho intramolecular Hbond substituents is 1. The number of rotatable bonds is 7. The van der Waals surface area contributed by atoms with Crippen molar-refractivity contribution in [3.05, 3.63) is 58.6 Å². The minimum atomic E-state index is -3.98. The highest BCUT2D eigenvalue weighted by molar-refractivity contribution is 7.92. The number of sulfonamides is 1. The number of para-hydroxylation sites is 1. The zero-order valence-electron chi connectivity index (χ0n) is 13.1. The molecule has 0 heterocycles. The monoisotopic (exact) mass is 350 g/mol. The van der Waals surface area contributed by atoms with Gasteiger partial charge in [-0.05, 0) is 30.7 Å². The van der Waals surface area contributed by atoms with Crippen LogP contribution in [0.4, 0.5) is 11.4 Å². The Hall–Kier alpha value is -2.61. The number of hydrogen-bond acceptors (Lipinski definition) is 5. The van der Waals surface area contributed by atoms with Crippen molar-refractivity contribution in [2.75, 3.05) is 10.8 Å². The van der Waals surface area contributed by atoms with Crippen molar-refractivity contribution >= 4 is 21.4 Å². The number of anilines is 1. The molecule has 0 spiro atoms. The number of nitro groups is 1. The molecular formula is C16H18N2O5S. The largest absolute Gasteiger partial charge is 0.502 e. The topological polar surface area (TPSA) is 101 Å². The first-order valence-electron chi connectivity index (χ1n) is 7.43. The van der Waals surface area contributed by atoms with Gasteiger partial charge in [0.05, 0.1) is 15.5 Å². The van der Waals surface area contributed by atoms with Gasteiger partial charge in [-0.1, -0.05) is 31.5 Å². The molecule has 1 N–H and O–H groups in total. The summed E-state index contributed by atoms with van der Waals surface area (Å²) < 4.78 is 27.1. The van der Waals surface area contributed by atoms with Crippen molar-refractivity contribution in [1.82, 2.24) is 0 Å². The van der Waals surface area contributed by atoms with Crippen LogP contribution in [0.15, 0.2) is 53.4 Å². The van der Waals surface area contributed by atoms with E-state index in [0.717, 1.165) is 18.6 Å². The van der Waals surface area contributed by atoms with Gasteiger partial charge < -0.3 is 5.11 Å². The lowest BCUT2D eigenvalue weighted by Gasteiger charge is -2.24. The van der Waals surface area contributed by atoms with E-state index in [1.165, 1.54) is 10.4 Å². The van der Waals surface area contributed by atoms with Gasteiger partial charge in [0.25, 0.3) is 10.0 Å². The number of nitro benzene ring substituents is 1. The van der Waals surface area contributed by atoms with E-state index in [1.54, 1.807) is 30.3 Å². The molecule has 0 aliphatic rings. The first kappa shape index (κ1) is 17.7. The van der Waals surface area contributed by atoms with E-state index in [9.17, 15) is 23.6 Å². The predicted molar refractivity (Wildman–Crippen MR) is 90.6 cm³/mol. The maximum atomic E-state index is 12.9. The van der Waals surface area contributed by atoms with E-state index in [4.69, 9.17) is 0 Å². The molecule has 0 fully saturated rings. The van der Waals surface area contributed by atoms with Crippen molar-refractivity contribution < 1.29 is 18.4 Å². The van der Waals surface area contributed by atoms with E-state index in [2.05, 4.69) is 0 Å². The van der Waals surface area contributed by atoms with Crippen molar-refractivity contribution in [2.24, 2.45) is 0 Å². The van der Waals surface area contributed by atoms with Crippen LogP contribution < -0.4 is 4.31 Å². The summed E-state index contributed by atoms with van der Waals surface area (Å²) in [7, 11) is -3.98. The summed E-state index contributed by atoms with van der Waals surface area (Å²) in [4.78, 5) is 9.91. The maximum Gasteiger partial charge on any atom is 0.312 e. The fourth-order valence-electron chi connectivity index (χ4n) is 2.22. The Morgan fingerprint density at radius 1 is 1.17 bits per heavy atom. The van der Waals surface area contributed by atoms with Crippen molar-refractivity contribution in [3.63, 3.8) is 0 Å². The van der Waals surface area contributed by atoms with Crippen LogP contribution in [0, 0.1) is 10.1 Å². The molecule has 2 rings (SSSR count). The molecule has 0 saturated carbocycles. The maximum absolute atomic E-state index is 12.9. The molecule has 0 aromatic heterocycles. The Labute approximate surface area is 140 Å². The fraction of sp³-hybridized carbons (Fsp3) is 0.250. The molecule has 0 bridgehead atoms. The second-order valence-electron chi connectivity index (χ2n) is 5.17. The normalized spacial score (nSPS) is 11.2. The van der Waals surface area contributed by atoms with Gasteiger partial charge in [-0.3, -0.25) is 14.4 Å². The van der Waals surface area contributed by atoms with Crippen LogP contribution in [0.1, 0.15) is 19.8 Å². The van der Waals surface area contributed by atoms with Crippen LogP contribution in [0.5, 0.6) is 5.75 Å². The Kier molecular flexibility index (Phi) is 5.40. The molecular weight excluding hydrogens is 332 g/mol. The van der Waals surface area contributed by atoms with Gasteiger partial charge in [0.2, 0.25) is 0 Å². The summed E-state index contributed by atoms with van der Waals surface area (Å²) in [6, 6.07) is 11.6. The number of benzene rings is 2. The summed E-state index contributed by atoms with van der Waals surface area (Å²) in [6.45, 7) is 2.21. The molecule has 2 aromatic carbocycles. The second kappa shape index (κ2) is 7.31. The molecule has 2 aromatic rings. The molecule has 0 amide bonds. The number of hydrogen-bond donors (Lipinski definition) is 1. The standard InChI is InChI=1S/C16H18N2O5S/c1-2-3-11-17(13-7-5-4-6-8-13)24(22,23)14-9-10-16(19)15(12-14)18(20)21/h4-10,12,19H,2-3,11H2,1H3. The van der Waals surface area contributed by atoms with Crippen molar-refractivity contribution in [1.29, 1.82) is 0 Å². The zero-order valence-corrected chi connectivity index (χ0v) is 13.9. The summed E-state index contributed by atoms with van der Waals surface area (Å²) in [6.07, 6.45) is 1.45. The first-order valence-corrected chi connectivity index (χ1v) is 8.87. The average molecular weight is 350 g/mol. The van der Waals surface area contributed by atoms with Crippen LogP contribution >= 0.6 is 0 Å². The molecule has 0 saturated heterocycles. The van der Waals surface area contributed by atoms with Crippen LogP contribution in [-0.4, -0.2) is 25.0 Å². The number of phenols is 1. The first-order chi connectivity index (χ1) is 11.4. The molecule has 7 nitrogen and oxygen atoms in total. The molecule has 8 heteroatoms. The summed E-state index contributed by atoms with van der Waals surface area (Å²) >= 11 is 0. The third kappa shape index (κ3) is 3.65. The van der Waals surface area contributed by atoms with Crippen molar-refractivity contribution in [2.45, 2.75) is 24.7 Å². The lowest BCUT2D eigenvalue weighted by Crippen LogP contribution is -2.32. The Morgan fingerprint density at radius 2 is 1.83 bits per heavy atom. The molecule has 128 valence electrons. The molecule has 0 atom stereocenters. The van der Waals surface area contributed by atoms with E-state index < -0.39 is 26.4 Å². The molecule has 0 aliphatic carbocycles. The quantitative estimate of drug-likeness (QED) is 0.610. The Balaban J connectivity index is 2.52. The van der Waals surface area contributed by atoms with Gasteiger partial charge in [0, 0.05) is 12.6 Å². The van der Waals surface area contributed by atoms with Crippen LogP contribution in [0.2, 0.25) is 0 Å². The third-order valence-corrected chi connectivity index (χ3v) is 5.31. The number of unbranched alkanes of at least 4 members (excludes halogenated alkanes) is 1. The van der Waals surface area contributed by atoms with Gasteiger partial charge >= 0.3 is 5.69 Å². The lowest BCUT2D eigenvalue weighted by atomic mass is 10.3. The van der Waals surface area contributed by atoms with Crippen LogP contribution in [-0.2, 0) is 10.0 Å². The van der Waals surface area contributed by atoms with Gasteiger partial charge in [-0.2, -0.15) is 0 Å². The van der Waals surface area contributed by atoms with E-state index in [1.807, 2.05) is 6.92 Å². The molecule has 0 unspecified atom stereocenters. The van der Waals surface area contributed by atoms with E-state index >= 15 is 0 Å². The highest BCUT2D eigenvalue weighted by atomic mass is 32.2. The van der Waals surface area contributed by atoms with Gasteiger partial charge in [-0.25, -0.2) is 8.42 Å². The smallest absolute Gasteiger partial charge is 0.312 e. The SMILES string of the molecule is CCCCN(c1ccccc1)S(=O)(=O)c1ccc(O)c([N+](=O)[O-])c1. The van der Waals surface area contributed by atoms with Crippen LogP contribution in [0.25, 0.3) is 0 Å². The highest BCUT2D eigenvalue weighted by Crippen LogP contribution is 2.31. The Morgan fingerprint density at radius 3 is 2.42 bits per heavy atom. The van der Waals surface area contributed by atoms with Crippen LogP contribution in [0.3, 0.4) is 0 Å². The summed E-state index contributed by atoms with van der Waals surface area (Å²) in [5.74, 6) is -0.571. The lowest BCUT2D eigenvalue weighted by molar-refractivity contribution is -0.386. The average Bonchev–Trinajstić information content (AvgIpc) is 2.56. The van der Waals surface area contributed by atoms with Gasteiger partial charge in [0.15, 0.2) is 5.75 Å². The number of nitrogens with zero attached hydrogens (tertiary/aromatic N) is 2. The highest BCUT2D eigenvalue weighted by Gasteiger charge is 2.27. The molecule has 0 radical (unpaired) electrons. The van der Waals surface area contributed by atoms with E-state index in [-0.39, 0.29) is 11.4 Å². The van der Waals surface area contributed by atoms with Crippen molar-refractivity contribution in [3.8, 4) is 5.75 Å². The van der Waals surface area contributed by atoms with E-state index in [0.29, 0.717) is 12.1 Å². The molecule has 24 heavy (non-hydrogen) atoms. The Bertz CT molecular complexity index is 822. The third-order valence-electron chi connectivity index (χ3n) is 3.49. The van der Waals surface area contributed by atoms with Gasteiger partial charge in [0.1, 0.15) is 0 Å². The minimum absolute atomic E-state index is 0.230. The summed E-state index contributed by atoms with van der Waals surface area (Å²) in [5.41, 5.74) is -0.152. The fourth-order valence-corrected chi connectivity index (χ4v) is 3.74. The summed E-state index contributed by atoms with van der Waals surface area (Å²) in [5, 5.41) is 20.5. The number of aromatic hydroxyl groups is 1. The zero-order chi connectivity index (χ0) is 17.7. The van der Waals surface area contributed by atoms with Gasteiger partial charge in [-0.15, -0.1) is 0 Å².